The molecule has 2 heterocycles. The van der Waals surface area contributed by atoms with Gasteiger partial charge >= 0.3 is 6.18 Å². The summed E-state index contributed by atoms with van der Waals surface area (Å²) in [5, 5.41) is 5.33. The van der Waals surface area contributed by atoms with E-state index >= 15 is 0 Å². The second-order valence-corrected chi connectivity index (χ2v) is 8.05. The van der Waals surface area contributed by atoms with Crippen LogP contribution in [-0.4, -0.2) is 52.1 Å². The minimum Gasteiger partial charge on any atom is -0.373 e. The number of H-pyrrole nitrogens is 1. The molecule has 0 saturated carbocycles. The number of benzene rings is 1. The van der Waals surface area contributed by atoms with Crippen LogP contribution in [0.15, 0.2) is 24.4 Å². The summed E-state index contributed by atoms with van der Waals surface area (Å²) in [6.45, 7) is 1.60. The van der Waals surface area contributed by atoms with Crippen molar-refractivity contribution < 1.29 is 27.5 Å². The first kappa shape index (κ1) is 22.6. The number of carbonyl (C=O) groups excluding carboxylic acids is 2. The van der Waals surface area contributed by atoms with E-state index in [0.717, 1.165) is 17.5 Å². The minimum atomic E-state index is -4.81. The summed E-state index contributed by atoms with van der Waals surface area (Å²) in [5.41, 5.74) is -2.75. The second kappa shape index (κ2) is 8.56. The maximum atomic E-state index is 13.3. The molecular formula is C19H18Cl2F3N3O3. The van der Waals surface area contributed by atoms with Crippen molar-refractivity contribution in [3.8, 4) is 0 Å². The number of hydrogen-bond acceptors (Lipinski definition) is 4. The van der Waals surface area contributed by atoms with E-state index in [2.05, 4.69) is 5.10 Å². The van der Waals surface area contributed by atoms with Gasteiger partial charge in [0, 0.05) is 6.61 Å². The van der Waals surface area contributed by atoms with E-state index in [1.54, 1.807) is 18.1 Å². The fourth-order valence-electron chi connectivity index (χ4n) is 3.42. The topological polar surface area (TPSA) is 75.3 Å². The third-order valence-corrected chi connectivity index (χ3v) is 5.47. The van der Waals surface area contributed by atoms with Crippen LogP contribution < -0.4 is 0 Å². The van der Waals surface area contributed by atoms with Crippen molar-refractivity contribution in [2.45, 2.75) is 31.5 Å². The van der Waals surface area contributed by atoms with Gasteiger partial charge in [0.05, 0.1) is 46.1 Å². The predicted molar refractivity (Wildman–Crippen MR) is 104 cm³/mol. The molecule has 1 aliphatic rings. The van der Waals surface area contributed by atoms with Crippen LogP contribution in [0.5, 0.6) is 0 Å². The first-order valence-electron chi connectivity index (χ1n) is 9.03. The fourth-order valence-corrected chi connectivity index (χ4v) is 4.02. The van der Waals surface area contributed by atoms with E-state index in [1.165, 1.54) is 12.1 Å². The summed E-state index contributed by atoms with van der Waals surface area (Å²) < 4.78 is 45.4. The highest BCUT2D eigenvalue weighted by atomic mass is 35.5. The van der Waals surface area contributed by atoms with Gasteiger partial charge in [0.2, 0.25) is 0 Å². The van der Waals surface area contributed by atoms with Crippen molar-refractivity contribution in [1.29, 1.82) is 0 Å². The Balaban J connectivity index is 1.94. The Kier molecular flexibility index (Phi) is 6.45. The molecule has 6 nitrogen and oxygen atoms in total. The smallest absolute Gasteiger partial charge is 0.373 e. The van der Waals surface area contributed by atoms with Crippen molar-refractivity contribution in [3.63, 3.8) is 0 Å². The summed E-state index contributed by atoms with van der Waals surface area (Å²) in [4.78, 5) is 26.9. The van der Waals surface area contributed by atoms with Gasteiger partial charge in [-0.3, -0.25) is 14.7 Å². The van der Waals surface area contributed by atoms with Crippen molar-refractivity contribution in [3.05, 3.63) is 51.3 Å². The number of alkyl halides is 3. The summed E-state index contributed by atoms with van der Waals surface area (Å²) in [7, 11) is 0. The molecule has 11 heteroatoms. The molecule has 1 atom stereocenters. The standard InChI is InChI=1S/C19H18Cl2F3N3O3/c1-18(6-3-7-30-18)10-27(9-14(28)15-12(20)4-2-5-13(15)21)17(29)11-8-25-26-16(11)19(22,23)24/h2,4-5,8H,3,6-7,9-10H2,1H3,(H,25,26). The lowest BCUT2D eigenvalue weighted by atomic mass is 10.0. The van der Waals surface area contributed by atoms with Crippen LogP contribution in [0.1, 0.15) is 46.2 Å². The molecule has 0 spiro atoms. The van der Waals surface area contributed by atoms with Crippen molar-refractivity contribution in [1.82, 2.24) is 15.1 Å². The molecule has 1 aromatic carbocycles. The molecule has 0 aliphatic carbocycles. The van der Waals surface area contributed by atoms with Crippen molar-refractivity contribution in [2.24, 2.45) is 0 Å². The number of aromatic nitrogens is 2. The van der Waals surface area contributed by atoms with Gasteiger partial charge in [-0.15, -0.1) is 0 Å². The van der Waals surface area contributed by atoms with E-state index in [1.807, 2.05) is 0 Å². The molecule has 1 fully saturated rings. The molecule has 0 radical (unpaired) electrons. The molecule has 1 aromatic heterocycles. The van der Waals surface area contributed by atoms with Gasteiger partial charge in [0.1, 0.15) is 0 Å². The number of rotatable bonds is 6. The summed E-state index contributed by atoms with van der Waals surface area (Å²) in [5.74, 6) is -1.60. The van der Waals surface area contributed by atoms with E-state index in [9.17, 15) is 22.8 Å². The number of ketones is 1. The molecule has 1 saturated heterocycles. The molecule has 1 amide bonds. The highest BCUT2D eigenvalue weighted by Crippen LogP contribution is 2.32. The first-order valence-corrected chi connectivity index (χ1v) is 9.78. The number of nitrogens with one attached hydrogen (secondary N) is 1. The number of halogens is 5. The lowest BCUT2D eigenvalue weighted by molar-refractivity contribution is -0.141. The van der Waals surface area contributed by atoms with E-state index in [4.69, 9.17) is 27.9 Å². The van der Waals surface area contributed by atoms with E-state index in [0.29, 0.717) is 13.0 Å². The monoisotopic (exact) mass is 463 g/mol. The first-order chi connectivity index (χ1) is 14.0. The average Bonchev–Trinajstić information content (AvgIpc) is 3.29. The average molecular weight is 464 g/mol. The van der Waals surface area contributed by atoms with Gasteiger partial charge in [-0.2, -0.15) is 18.3 Å². The Bertz CT molecular complexity index is 936. The van der Waals surface area contributed by atoms with Gasteiger partial charge < -0.3 is 9.64 Å². The lowest BCUT2D eigenvalue weighted by Crippen LogP contribution is -2.46. The highest BCUT2D eigenvalue weighted by molar-refractivity contribution is 6.40. The largest absolute Gasteiger partial charge is 0.433 e. The highest BCUT2D eigenvalue weighted by Gasteiger charge is 2.41. The summed E-state index contributed by atoms with van der Waals surface area (Å²) in [6, 6.07) is 4.48. The SMILES string of the molecule is CC1(CN(CC(=O)c2c(Cl)cccc2Cl)C(=O)c2cn[nH]c2C(F)(F)F)CCCO1. The summed E-state index contributed by atoms with van der Waals surface area (Å²) in [6.07, 6.45) is -2.68. The Labute approximate surface area is 180 Å². The Morgan fingerprint density at radius 1 is 1.30 bits per heavy atom. The second-order valence-electron chi connectivity index (χ2n) is 7.24. The molecule has 0 bridgehead atoms. The number of aromatic amines is 1. The molecule has 1 unspecified atom stereocenters. The minimum absolute atomic E-state index is 0.000588. The predicted octanol–water partition coefficient (Wildman–Crippen LogP) is 4.63. The quantitative estimate of drug-likeness (QED) is 0.633. The van der Waals surface area contributed by atoms with Crippen LogP contribution in [0.3, 0.4) is 0 Å². The van der Waals surface area contributed by atoms with Gasteiger partial charge in [-0.05, 0) is 31.9 Å². The Hall–Kier alpha value is -2.10. The Morgan fingerprint density at radius 2 is 1.97 bits per heavy atom. The van der Waals surface area contributed by atoms with Crippen LogP contribution in [0.2, 0.25) is 10.0 Å². The zero-order chi connectivity index (χ0) is 22.1. The van der Waals surface area contributed by atoms with Crippen molar-refractivity contribution >= 4 is 34.9 Å². The van der Waals surface area contributed by atoms with Gasteiger partial charge in [0.15, 0.2) is 11.5 Å². The molecule has 1 aliphatic heterocycles. The molecule has 162 valence electrons. The molecule has 3 rings (SSSR count). The van der Waals surface area contributed by atoms with E-state index in [-0.39, 0.29) is 22.2 Å². The van der Waals surface area contributed by atoms with E-state index < -0.39 is 41.3 Å². The van der Waals surface area contributed by atoms with Crippen LogP contribution in [0.25, 0.3) is 0 Å². The maximum absolute atomic E-state index is 13.3. The van der Waals surface area contributed by atoms with Crippen LogP contribution in [0.4, 0.5) is 13.2 Å². The molecular weight excluding hydrogens is 446 g/mol. The maximum Gasteiger partial charge on any atom is 0.433 e. The van der Waals surface area contributed by atoms with Gasteiger partial charge in [-0.1, -0.05) is 29.3 Å². The third kappa shape index (κ3) is 4.79. The number of carbonyl (C=O) groups is 2. The third-order valence-electron chi connectivity index (χ3n) is 4.84. The van der Waals surface area contributed by atoms with Gasteiger partial charge in [0.25, 0.3) is 5.91 Å². The zero-order valence-electron chi connectivity index (χ0n) is 15.9. The normalized spacial score (nSPS) is 19.1. The number of hydrogen-bond donors (Lipinski definition) is 1. The molecule has 1 N–H and O–H groups in total. The number of nitrogens with zero attached hydrogens (tertiary/aromatic N) is 2. The van der Waals surface area contributed by atoms with Crippen LogP contribution in [0, 0.1) is 0 Å². The fraction of sp³-hybridized carbons (Fsp3) is 0.421. The summed E-state index contributed by atoms with van der Waals surface area (Å²) >= 11 is 12.1. The number of Topliss-reactive ketones (excluding diaryl/α,β-unsaturated/α-hetero) is 1. The molecule has 30 heavy (non-hydrogen) atoms. The number of ether oxygens (including phenoxy) is 1. The van der Waals surface area contributed by atoms with Gasteiger partial charge in [-0.25, -0.2) is 0 Å². The number of amides is 1. The zero-order valence-corrected chi connectivity index (χ0v) is 17.4. The van der Waals surface area contributed by atoms with Crippen molar-refractivity contribution in [2.75, 3.05) is 19.7 Å². The lowest BCUT2D eigenvalue weighted by Gasteiger charge is -2.31. The molecule has 2 aromatic rings. The van der Waals surface area contributed by atoms with Crippen LogP contribution >= 0.6 is 23.2 Å². The Morgan fingerprint density at radius 3 is 2.53 bits per heavy atom. The van der Waals surface area contributed by atoms with Crippen LogP contribution in [-0.2, 0) is 10.9 Å².